The first-order valence-corrected chi connectivity index (χ1v) is 8.54. The van der Waals surface area contributed by atoms with Gasteiger partial charge in [0, 0.05) is 11.5 Å². The van der Waals surface area contributed by atoms with Crippen molar-refractivity contribution in [2.24, 2.45) is 0 Å². The van der Waals surface area contributed by atoms with Crippen molar-refractivity contribution in [3.05, 3.63) is 116 Å². The molecule has 1 unspecified atom stereocenters. The first kappa shape index (κ1) is 14.8. The Morgan fingerprint density at radius 1 is 0.720 bits per heavy atom. The fourth-order valence-corrected chi connectivity index (χ4v) is 3.73. The second-order valence-electron chi connectivity index (χ2n) is 6.41. The van der Waals surface area contributed by atoms with Gasteiger partial charge in [0.25, 0.3) is 0 Å². The lowest BCUT2D eigenvalue weighted by atomic mass is 9.78. The van der Waals surface area contributed by atoms with Crippen LogP contribution in [0, 0.1) is 31.6 Å². The Kier molecular flexibility index (Phi) is 3.41. The maximum atomic E-state index is 6.67. The van der Waals surface area contributed by atoms with E-state index in [1.807, 2.05) is 6.07 Å². The van der Waals surface area contributed by atoms with Gasteiger partial charge in [0.05, 0.1) is 0 Å². The van der Waals surface area contributed by atoms with Crippen LogP contribution in [0.4, 0.5) is 0 Å². The summed E-state index contributed by atoms with van der Waals surface area (Å²) in [5.74, 6) is 2.07. The van der Waals surface area contributed by atoms with E-state index in [0.29, 0.717) is 0 Å². The molecule has 25 heavy (non-hydrogen) atoms. The third-order valence-electron chi connectivity index (χ3n) is 4.98. The number of rotatable bonds is 2. The second-order valence-corrected chi connectivity index (χ2v) is 6.41. The van der Waals surface area contributed by atoms with Crippen molar-refractivity contribution in [3.63, 3.8) is 0 Å². The smallest absolute Gasteiger partial charge is 0.159 e. The molecule has 119 valence electrons. The lowest BCUT2D eigenvalue weighted by Crippen LogP contribution is -2.38. The molecule has 0 aromatic heterocycles. The molecule has 1 aliphatic carbocycles. The van der Waals surface area contributed by atoms with Crippen molar-refractivity contribution in [2.75, 3.05) is 0 Å². The van der Waals surface area contributed by atoms with Crippen LogP contribution in [0.15, 0.2) is 72.8 Å². The molecule has 1 heterocycles. The molecule has 1 atom stereocenters. The summed E-state index contributed by atoms with van der Waals surface area (Å²) in [7, 11) is 0. The SMILES string of the molecule is [CH]1[CH][CH][C](C2(c3ccccc3)C=Cc3c(ccc4ccccc34)O2)[CH]1. The van der Waals surface area contributed by atoms with E-state index in [1.165, 1.54) is 10.8 Å². The molecular weight excluding hydrogens is 304 g/mol. The van der Waals surface area contributed by atoms with E-state index in [2.05, 4.69) is 98.5 Å². The fraction of sp³-hybridized carbons (Fsp3) is 0.0417. The predicted molar refractivity (Wildman–Crippen MR) is 102 cm³/mol. The van der Waals surface area contributed by atoms with E-state index in [0.717, 1.165) is 22.8 Å². The minimum atomic E-state index is -0.583. The summed E-state index contributed by atoms with van der Waals surface area (Å²) < 4.78 is 6.67. The van der Waals surface area contributed by atoms with Crippen LogP contribution in [0.5, 0.6) is 5.75 Å². The third kappa shape index (κ3) is 2.30. The van der Waals surface area contributed by atoms with Crippen molar-refractivity contribution in [1.29, 1.82) is 0 Å². The number of fused-ring (bicyclic) bond motifs is 3. The molecule has 0 amide bonds. The first-order chi connectivity index (χ1) is 12.4. The molecule has 5 radical (unpaired) electrons. The van der Waals surface area contributed by atoms with Gasteiger partial charge < -0.3 is 4.74 Å². The Labute approximate surface area is 149 Å². The highest BCUT2D eigenvalue weighted by atomic mass is 16.5. The monoisotopic (exact) mass is 321 g/mol. The van der Waals surface area contributed by atoms with Crippen LogP contribution in [0.25, 0.3) is 16.8 Å². The Balaban J connectivity index is 1.68. The Morgan fingerprint density at radius 2 is 1.48 bits per heavy atom. The minimum absolute atomic E-state index is 0.583. The molecule has 2 aliphatic rings. The first-order valence-electron chi connectivity index (χ1n) is 8.54. The molecule has 0 saturated heterocycles. The van der Waals surface area contributed by atoms with E-state index >= 15 is 0 Å². The molecule has 3 aromatic carbocycles. The van der Waals surface area contributed by atoms with Crippen LogP contribution in [0.2, 0.25) is 0 Å². The van der Waals surface area contributed by atoms with Gasteiger partial charge in [-0.2, -0.15) is 0 Å². The molecule has 3 aromatic rings. The van der Waals surface area contributed by atoms with Crippen molar-refractivity contribution < 1.29 is 4.74 Å². The van der Waals surface area contributed by atoms with Crippen LogP contribution >= 0.6 is 0 Å². The van der Waals surface area contributed by atoms with Gasteiger partial charge in [-0.25, -0.2) is 0 Å². The maximum Gasteiger partial charge on any atom is 0.159 e. The molecule has 1 nitrogen and oxygen atoms in total. The average molecular weight is 321 g/mol. The zero-order valence-electron chi connectivity index (χ0n) is 13.7. The average Bonchev–Trinajstić information content (AvgIpc) is 3.23. The van der Waals surface area contributed by atoms with Crippen LogP contribution < -0.4 is 4.74 Å². The van der Waals surface area contributed by atoms with Crippen LogP contribution in [-0.4, -0.2) is 0 Å². The zero-order chi connectivity index (χ0) is 16.7. The molecule has 0 N–H and O–H groups in total. The summed E-state index contributed by atoms with van der Waals surface area (Å²) in [6.45, 7) is 0. The Bertz CT molecular complexity index is 935. The summed E-state index contributed by atoms with van der Waals surface area (Å²) in [5, 5.41) is 2.45. The largest absolute Gasteiger partial charge is 0.477 e. The molecule has 5 rings (SSSR count). The van der Waals surface area contributed by atoms with Crippen molar-refractivity contribution in [1.82, 2.24) is 0 Å². The van der Waals surface area contributed by atoms with Crippen molar-refractivity contribution >= 4 is 16.8 Å². The van der Waals surface area contributed by atoms with Gasteiger partial charge in [0.15, 0.2) is 5.60 Å². The highest BCUT2D eigenvalue weighted by molar-refractivity contribution is 5.94. The van der Waals surface area contributed by atoms with Crippen molar-refractivity contribution in [3.8, 4) is 5.75 Å². The van der Waals surface area contributed by atoms with Gasteiger partial charge in [0.2, 0.25) is 0 Å². The van der Waals surface area contributed by atoms with E-state index in [9.17, 15) is 0 Å². The molecule has 1 saturated carbocycles. The van der Waals surface area contributed by atoms with E-state index in [4.69, 9.17) is 4.74 Å². The van der Waals surface area contributed by atoms with Crippen LogP contribution in [0.1, 0.15) is 11.1 Å². The Morgan fingerprint density at radius 3 is 2.32 bits per heavy atom. The lowest BCUT2D eigenvalue weighted by molar-refractivity contribution is 0.140. The number of ether oxygens (including phenoxy) is 1. The predicted octanol–water partition coefficient (Wildman–Crippen LogP) is 5.55. The summed E-state index contributed by atoms with van der Waals surface area (Å²) >= 11 is 0. The summed E-state index contributed by atoms with van der Waals surface area (Å²) in [5.41, 5.74) is 1.70. The van der Waals surface area contributed by atoms with E-state index in [-0.39, 0.29) is 0 Å². The normalized spacial score (nSPS) is 22.7. The minimum Gasteiger partial charge on any atom is -0.477 e. The number of hydrogen-bond acceptors (Lipinski definition) is 1. The lowest BCUT2D eigenvalue weighted by Gasteiger charge is -2.39. The number of hydrogen-bond donors (Lipinski definition) is 0. The van der Waals surface area contributed by atoms with Gasteiger partial charge in [-0.15, -0.1) is 0 Å². The van der Waals surface area contributed by atoms with Gasteiger partial charge in [-0.1, -0.05) is 66.7 Å². The molecular formula is C24H17O. The van der Waals surface area contributed by atoms with Crippen LogP contribution in [0.3, 0.4) is 0 Å². The zero-order valence-corrected chi connectivity index (χ0v) is 13.7. The molecule has 1 fully saturated rings. The Hall–Kier alpha value is -2.54. The van der Waals surface area contributed by atoms with Gasteiger partial charge in [0.1, 0.15) is 5.75 Å². The van der Waals surface area contributed by atoms with Crippen LogP contribution in [-0.2, 0) is 5.60 Å². The topological polar surface area (TPSA) is 9.23 Å². The summed E-state index contributed by atoms with van der Waals surface area (Å²) in [4.78, 5) is 0. The van der Waals surface area contributed by atoms with E-state index < -0.39 is 5.60 Å². The number of benzene rings is 3. The standard InChI is InChI=1S/C24H17O/c1-2-9-19(10-3-1)24(20-11-5-6-12-20)17-16-22-21-13-7-4-8-18(21)14-15-23(22)25-24/h1-17H. The molecule has 0 spiro atoms. The second kappa shape index (κ2) is 5.77. The molecule has 1 aliphatic heterocycles. The quantitative estimate of drug-likeness (QED) is 0.601. The van der Waals surface area contributed by atoms with Gasteiger partial charge in [-0.05, 0) is 54.2 Å². The third-order valence-corrected chi connectivity index (χ3v) is 4.98. The highest BCUT2D eigenvalue weighted by Gasteiger charge is 2.44. The molecule has 0 bridgehead atoms. The summed E-state index contributed by atoms with van der Waals surface area (Å²) in [6, 6.07) is 23.1. The van der Waals surface area contributed by atoms with Gasteiger partial charge in [-0.3, -0.25) is 0 Å². The summed E-state index contributed by atoms with van der Waals surface area (Å²) in [6.07, 6.45) is 12.8. The fourth-order valence-electron chi connectivity index (χ4n) is 3.73. The van der Waals surface area contributed by atoms with E-state index in [1.54, 1.807) is 0 Å². The molecule has 1 heteroatoms. The van der Waals surface area contributed by atoms with Crippen molar-refractivity contribution in [2.45, 2.75) is 5.60 Å². The van der Waals surface area contributed by atoms with Gasteiger partial charge >= 0.3 is 0 Å². The highest BCUT2D eigenvalue weighted by Crippen LogP contribution is 2.49. The maximum absolute atomic E-state index is 6.67.